The van der Waals surface area contributed by atoms with Crippen LogP contribution in [0.15, 0.2) is 66.3 Å². The summed E-state index contributed by atoms with van der Waals surface area (Å²) in [6.07, 6.45) is 3.50. The monoisotopic (exact) mass is 405 g/mol. The number of thiazole rings is 1. The number of rotatable bonds is 6. The van der Waals surface area contributed by atoms with Crippen LogP contribution >= 0.6 is 11.3 Å². The Kier molecular flexibility index (Phi) is 5.12. The predicted octanol–water partition coefficient (Wildman–Crippen LogP) is 3.02. The zero-order valence-electron chi connectivity index (χ0n) is 15.0. The molecule has 9 heteroatoms. The number of amides is 1. The summed E-state index contributed by atoms with van der Waals surface area (Å²) in [6.45, 7) is 0.249. The van der Waals surface area contributed by atoms with E-state index in [1.54, 1.807) is 29.2 Å². The first-order valence-corrected chi connectivity index (χ1v) is 9.52. The van der Waals surface area contributed by atoms with Crippen LogP contribution in [0.4, 0.5) is 0 Å². The van der Waals surface area contributed by atoms with E-state index in [4.69, 9.17) is 5.11 Å². The van der Waals surface area contributed by atoms with Gasteiger partial charge >= 0.3 is 5.97 Å². The minimum absolute atomic E-state index is 0.0652. The van der Waals surface area contributed by atoms with Crippen LogP contribution in [-0.2, 0) is 6.54 Å². The highest BCUT2D eigenvalue weighted by Crippen LogP contribution is 2.21. The lowest BCUT2D eigenvalue weighted by atomic mass is 10.1. The summed E-state index contributed by atoms with van der Waals surface area (Å²) in [5.74, 6) is -1.43. The molecule has 2 N–H and O–H groups in total. The zero-order valence-corrected chi connectivity index (χ0v) is 15.8. The molecule has 0 radical (unpaired) electrons. The first-order valence-electron chi connectivity index (χ1n) is 8.64. The van der Waals surface area contributed by atoms with Gasteiger partial charge in [-0.15, -0.1) is 16.4 Å². The minimum atomic E-state index is -1.08. The second-order valence-electron chi connectivity index (χ2n) is 6.08. The van der Waals surface area contributed by atoms with E-state index < -0.39 is 5.97 Å². The first-order chi connectivity index (χ1) is 14.1. The summed E-state index contributed by atoms with van der Waals surface area (Å²) in [7, 11) is 0. The summed E-state index contributed by atoms with van der Waals surface area (Å²) >= 11 is 1.48. The van der Waals surface area contributed by atoms with Crippen molar-refractivity contribution in [2.75, 3.05) is 0 Å². The number of aromatic carboxylic acids is 1. The second-order valence-corrected chi connectivity index (χ2v) is 6.98. The number of hydrogen-bond donors (Lipinski definition) is 2. The first kappa shape index (κ1) is 18.5. The van der Waals surface area contributed by atoms with Crippen molar-refractivity contribution in [1.82, 2.24) is 25.3 Å². The smallest absolute Gasteiger partial charge is 0.335 e. The summed E-state index contributed by atoms with van der Waals surface area (Å²) in [6, 6.07) is 13.4. The fourth-order valence-corrected chi connectivity index (χ4v) is 3.37. The Hall–Kier alpha value is -3.85. The second kappa shape index (κ2) is 8.03. The maximum Gasteiger partial charge on any atom is 0.335 e. The van der Waals surface area contributed by atoms with Crippen LogP contribution in [0.3, 0.4) is 0 Å². The van der Waals surface area contributed by atoms with Gasteiger partial charge in [0.2, 0.25) is 0 Å². The Balaban J connectivity index is 1.53. The third kappa shape index (κ3) is 4.04. The number of carbonyl (C=O) groups is 2. The Morgan fingerprint density at radius 1 is 1.10 bits per heavy atom. The number of carbonyl (C=O) groups excluding carboxylic acids is 1. The highest BCUT2D eigenvalue weighted by molar-refractivity contribution is 7.13. The molecule has 8 nitrogen and oxygen atoms in total. The molecule has 2 aromatic carbocycles. The molecule has 29 heavy (non-hydrogen) atoms. The molecule has 0 aliphatic heterocycles. The van der Waals surface area contributed by atoms with Crippen molar-refractivity contribution in [3.05, 3.63) is 83.0 Å². The van der Waals surface area contributed by atoms with Crippen LogP contribution in [-0.4, -0.2) is 37.0 Å². The van der Waals surface area contributed by atoms with Gasteiger partial charge in [0.25, 0.3) is 5.91 Å². The van der Waals surface area contributed by atoms with Gasteiger partial charge in [-0.3, -0.25) is 4.79 Å². The van der Waals surface area contributed by atoms with E-state index in [2.05, 4.69) is 20.6 Å². The average Bonchev–Trinajstić information content (AvgIpc) is 3.44. The maximum atomic E-state index is 12.5. The topological polar surface area (TPSA) is 110 Å². The Morgan fingerprint density at radius 2 is 1.93 bits per heavy atom. The zero-order chi connectivity index (χ0) is 20.2. The number of hydrogen-bond acceptors (Lipinski definition) is 6. The van der Waals surface area contributed by atoms with Crippen molar-refractivity contribution in [2.24, 2.45) is 0 Å². The van der Waals surface area contributed by atoms with Crippen molar-refractivity contribution < 1.29 is 14.7 Å². The lowest BCUT2D eigenvalue weighted by molar-refractivity contribution is 0.0697. The van der Waals surface area contributed by atoms with Crippen molar-refractivity contribution in [3.63, 3.8) is 0 Å². The molecule has 0 atom stereocenters. The minimum Gasteiger partial charge on any atom is -0.478 e. The van der Waals surface area contributed by atoms with Crippen LogP contribution in [0.1, 0.15) is 26.3 Å². The van der Waals surface area contributed by atoms with E-state index in [-0.39, 0.29) is 23.6 Å². The molecular weight excluding hydrogens is 390 g/mol. The van der Waals surface area contributed by atoms with Gasteiger partial charge in [-0.25, -0.2) is 14.5 Å². The lowest BCUT2D eigenvalue weighted by Gasteiger charge is -2.10. The molecule has 0 saturated heterocycles. The van der Waals surface area contributed by atoms with Crippen LogP contribution in [0.2, 0.25) is 0 Å². The molecule has 2 heterocycles. The molecule has 2 aromatic heterocycles. The van der Waals surface area contributed by atoms with Gasteiger partial charge in [0.1, 0.15) is 10.7 Å². The van der Waals surface area contributed by atoms with Gasteiger partial charge in [0.15, 0.2) is 0 Å². The molecule has 0 unspecified atom stereocenters. The standard InChI is InChI=1S/C20H15N5O3S/c26-18(13-5-3-6-14(10-13)20(27)28)22-11-15-4-1-2-7-17(15)25-12-16(23-24-25)19-21-8-9-29-19/h1-10,12H,11H2,(H,22,26)(H,27,28). The molecule has 0 spiro atoms. The van der Waals surface area contributed by atoms with Gasteiger partial charge in [0, 0.05) is 23.7 Å². The highest BCUT2D eigenvalue weighted by Gasteiger charge is 2.13. The molecule has 144 valence electrons. The molecule has 0 aliphatic carbocycles. The summed E-state index contributed by atoms with van der Waals surface area (Å²) in [5.41, 5.74) is 2.64. The predicted molar refractivity (Wildman–Crippen MR) is 107 cm³/mol. The van der Waals surface area contributed by atoms with Crippen LogP contribution in [0, 0.1) is 0 Å². The van der Waals surface area contributed by atoms with Gasteiger partial charge in [-0.1, -0.05) is 29.5 Å². The van der Waals surface area contributed by atoms with E-state index in [0.29, 0.717) is 5.69 Å². The van der Waals surface area contributed by atoms with Gasteiger partial charge in [-0.05, 0) is 29.8 Å². The van der Waals surface area contributed by atoms with Gasteiger partial charge < -0.3 is 10.4 Å². The fourth-order valence-electron chi connectivity index (χ4n) is 2.78. The van der Waals surface area contributed by atoms with Crippen LogP contribution in [0.25, 0.3) is 16.4 Å². The van der Waals surface area contributed by atoms with Crippen molar-refractivity contribution >= 4 is 23.2 Å². The number of benzene rings is 2. The molecule has 0 fully saturated rings. The summed E-state index contributed by atoms with van der Waals surface area (Å²) in [5, 5.41) is 22.9. The fraction of sp³-hybridized carbons (Fsp3) is 0.0500. The van der Waals surface area contributed by atoms with Crippen molar-refractivity contribution in [2.45, 2.75) is 6.54 Å². The summed E-state index contributed by atoms with van der Waals surface area (Å²) < 4.78 is 1.64. The molecule has 4 rings (SSSR count). The SMILES string of the molecule is O=C(O)c1cccc(C(=O)NCc2ccccc2-n2cc(-c3nccs3)nn2)c1. The molecular formula is C20H15N5O3S. The normalized spacial score (nSPS) is 10.6. The van der Waals surface area contributed by atoms with E-state index in [1.807, 2.05) is 29.6 Å². The maximum absolute atomic E-state index is 12.5. The number of carboxylic acids is 1. The third-order valence-electron chi connectivity index (χ3n) is 4.19. The van der Waals surface area contributed by atoms with Crippen LogP contribution in [0.5, 0.6) is 0 Å². The quantitative estimate of drug-likeness (QED) is 0.510. The van der Waals surface area contributed by atoms with Crippen molar-refractivity contribution in [1.29, 1.82) is 0 Å². The molecule has 4 aromatic rings. The molecule has 0 aliphatic rings. The lowest BCUT2D eigenvalue weighted by Crippen LogP contribution is -2.23. The van der Waals surface area contributed by atoms with E-state index in [1.165, 1.54) is 23.5 Å². The van der Waals surface area contributed by atoms with E-state index in [0.717, 1.165) is 16.3 Å². The Labute approximate surface area is 169 Å². The van der Waals surface area contributed by atoms with Crippen LogP contribution < -0.4 is 5.32 Å². The molecule has 1 amide bonds. The number of nitrogens with one attached hydrogen (secondary N) is 1. The van der Waals surface area contributed by atoms with Gasteiger partial charge in [0.05, 0.1) is 17.4 Å². The van der Waals surface area contributed by atoms with E-state index in [9.17, 15) is 9.59 Å². The van der Waals surface area contributed by atoms with Crippen molar-refractivity contribution in [3.8, 4) is 16.4 Å². The third-order valence-corrected chi connectivity index (χ3v) is 4.99. The Morgan fingerprint density at radius 3 is 2.72 bits per heavy atom. The molecule has 0 bridgehead atoms. The number of aromatic nitrogens is 4. The van der Waals surface area contributed by atoms with Gasteiger partial charge in [-0.2, -0.15) is 0 Å². The Bertz CT molecular complexity index is 1170. The number of carboxylic acid groups (broad SMARTS) is 1. The summed E-state index contributed by atoms with van der Waals surface area (Å²) in [4.78, 5) is 27.8. The van der Waals surface area contributed by atoms with E-state index >= 15 is 0 Å². The number of para-hydroxylation sites is 1. The highest BCUT2D eigenvalue weighted by atomic mass is 32.1. The molecule has 0 saturated carbocycles. The average molecular weight is 405 g/mol. The largest absolute Gasteiger partial charge is 0.478 e. The number of nitrogens with zero attached hydrogens (tertiary/aromatic N) is 4.